The van der Waals surface area contributed by atoms with E-state index in [2.05, 4.69) is 35.2 Å². The average molecular weight is 329 g/mol. The second-order valence-corrected chi connectivity index (χ2v) is 6.81. The van der Waals surface area contributed by atoms with Crippen LogP contribution in [0.5, 0.6) is 0 Å². The van der Waals surface area contributed by atoms with Gasteiger partial charge in [0.15, 0.2) is 0 Å². The largest absolute Gasteiger partial charge is 0.271 e. The van der Waals surface area contributed by atoms with Gasteiger partial charge in [0.25, 0.3) is 0 Å². The zero-order valence-electron chi connectivity index (χ0n) is 11.5. The van der Waals surface area contributed by atoms with Crippen molar-refractivity contribution in [1.29, 1.82) is 0 Å². The van der Waals surface area contributed by atoms with Crippen molar-refractivity contribution in [3.63, 3.8) is 0 Å². The molecule has 0 saturated heterocycles. The van der Waals surface area contributed by atoms with Gasteiger partial charge in [-0.25, -0.2) is 4.39 Å². The van der Waals surface area contributed by atoms with Crippen LogP contribution in [0.1, 0.15) is 44.7 Å². The number of rotatable bonds is 3. The van der Waals surface area contributed by atoms with Crippen molar-refractivity contribution >= 4 is 15.9 Å². The highest BCUT2D eigenvalue weighted by Crippen LogP contribution is 2.41. The molecular weight excluding hydrogens is 307 g/mol. The lowest BCUT2D eigenvalue weighted by molar-refractivity contribution is 0.174. The number of hydrazine groups is 1. The van der Waals surface area contributed by atoms with E-state index in [1.807, 2.05) is 6.07 Å². The molecule has 0 aliphatic heterocycles. The third kappa shape index (κ3) is 3.36. The van der Waals surface area contributed by atoms with Gasteiger partial charge in [0.1, 0.15) is 5.82 Å². The Labute approximate surface area is 123 Å². The van der Waals surface area contributed by atoms with Crippen LogP contribution in [0, 0.1) is 23.6 Å². The maximum Gasteiger partial charge on any atom is 0.129 e. The molecule has 1 saturated carbocycles. The first-order valence-electron chi connectivity index (χ1n) is 6.93. The third-order valence-electron chi connectivity index (χ3n) is 4.18. The highest BCUT2D eigenvalue weighted by atomic mass is 79.9. The monoisotopic (exact) mass is 328 g/mol. The fourth-order valence-electron chi connectivity index (χ4n) is 3.54. The number of halogens is 2. The van der Waals surface area contributed by atoms with Crippen molar-refractivity contribution in [2.24, 2.45) is 23.6 Å². The Morgan fingerprint density at radius 2 is 1.89 bits per heavy atom. The Morgan fingerprint density at radius 1 is 1.26 bits per heavy atom. The molecule has 3 unspecified atom stereocenters. The predicted octanol–water partition coefficient (Wildman–Crippen LogP) is 4.16. The lowest BCUT2D eigenvalue weighted by Crippen LogP contribution is -2.37. The van der Waals surface area contributed by atoms with Crippen LogP contribution in [0.15, 0.2) is 22.7 Å². The molecule has 4 heteroatoms. The molecule has 1 aliphatic carbocycles. The average Bonchev–Trinajstić information content (AvgIpc) is 2.32. The SMILES string of the molecule is CC1CC(C)CC(C(NN)c2c(F)cccc2Br)C1. The van der Waals surface area contributed by atoms with E-state index in [1.165, 1.54) is 12.5 Å². The molecule has 2 rings (SSSR count). The molecule has 19 heavy (non-hydrogen) atoms. The lowest BCUT2D eigenvalue weighted by Gasteiger charge is -2.36. The van der Waals surface area contributed by atoms with E-state index in [4.69, 9.17) is 5.84 Å². The van der Waals surface area contributed by atoms with Crippen molar-refractivity contribution in [1.82, 2.24) is 5.43 Å². The Bertz CT molecular complexity index is 408. The molecule has 0 heterocycles. The quantitative estimate of drug-likeness (QED) is 0.645. The zero-order valence-corrected chi connectivity index (χ0v) is 13.1. The second-order valence-electron chi connectivity index (χ2n) is 5.96. The van der Waals surface area contributed by atoms with E-state index in [9.17, 15) is 4.39 Å². The van der Waals surface area contributed by atoms with Crippen molar-refractivity contribution in [3.8, 4) is 0 Å². The van der Waals surface area contributed by atoms with Crippen LogP contribution in [-0.4, -0.2) is 0 Å². The highest BCUT2D eigenvalue weighted by Gasteiger charge is 2.32. The smallest absolute Gasteiger partial charge is 0.129 e. The standard InChI is InChI=1S/C15H22BrFN2/c1-9-6-10(2)8-11(7-9)15(19-18)14-12(16)4-3-5-13(14)17/h3-5,9-11,15,19H,6-8,18H2,1-2H3. The zero-order chi connectivity index (χ0) is 14.0. The number of hydrogen-bond donors (Lipinski definition) is 2. The van der Waals surface area contributed by atoms with Crippen molar-refractivity contribution in [3.05, 3.63) is 34.1 Å². The molecule has 1 aromatic carbocycles. The topological polar surface area (TPSA) is 38.0 Å². The van der Waals surface area contributed by atoms with Gasteiger partial charge in [0.05, 0.1) is 6.04 Å². The molecule has 1 aliphatic rings. The lowest BCUT2D eigenvalue weighted by atomic mass is 9.72. The van der Waals surface area contributed by atoms with Gasteiger partial charge in [-0.1, -0.05) is 35.8 Å². The fraction of sp³-hybridized carbons (Fsp3) is 0.600. The first kappa shape index (κ1) is 14.9. The summed E-state index contributed by atoms with van der Waals surface area (Å²) in [5, 5.41) is 0. The summed E-state index contributed by atoms with van der Waals surface area (Å²) in [6.07, 6.45) is 3.45. The molecule has 3 N–H and O–H groups in total. The van der Waals surface area contributed by atoms with Gasteiger partial charge < -0.3 is 0 Å². The van der Waals surface area contributed by atoms with Crippen LogP contribution < -0.4 is 11.3 Å². The number of hydrogen-bond acceptors (Lipinski definition) is 2. The van der Waals surface area contributed by atoms with Gasteiger partial charge in [-0.15, -0.1) is 0 Å². The Balaban J connectivity index is 2.29. The molecule has 0 amide bonds. The predicted molar refractivity (Wildman–Crippen MR) is 79.8 cm³/mol. The summed E-state index contributed by atoms with van der Waals surface area (Å²) in [5.74, 6) is 7.27. The molecular formula is C15H22BrFN2. The highest BCUT2D eigenvalue weighted by molar-refractivity contribution is 9.10. The van der Waals surface area contributed by atoms with Crippen LogP contribution in [-0.2, 0) is 0 Å². The molecule has 1 aromatic rings. The van der Waals surface area contributed by atoms with Crippen molar-refractivity contribution in [2.75, 3.05) is 0 Å². The minimum atomic E-state index is -0.191. The van der Waals surface area contributed by atoms with Crippen molar-refractivity contribution < 1.29 is 4.39 Å². The number of nitrogens with one attached hydrogen (secondary N) is 1. The van der Waals surface area contributed by atoms with Crippen LogP contribution in [0.3, 0.4) is 0 Å². The first-order chi connectivity index (χ1) is 9.02. The summed E-state index contributed by atoms with van der Waals surface area (Å²) in [4.78, 5) is 0. The van der Waals surface area contributed by atoms with Gasteiger partial charge in [-0.05, 0) is 49.1 Å². The van der Waals surface area contributed by atoms with Gasteiger partial charge in [-0.2, -0.15) is 0 Å². The second kappa shape index (κ2) is 6.33. The minimum Gasteiger partial charge on any atom is -0.271 e. The molecule has 2 nitrogen and oxygen atoms in total. The Hall–Kier alpha value is -0.450. The molecule has 0 radical (unpaired) electrons. The minimum absolute atomic E-state index is 0.124. The molecule has 0 aromatic heterocycles. The van der Waals surface area contributed by atoms with Crippen LogP contribution in [0.25, 0.3) is 0 Å². The van der Waals surface area contributed by atoms with Crippen LogP contribution >= 0.6 is 15.9 Å². The van der Waals surface area contributed by atoms with Crippen LogP contribution in [0.2, 0.25) is 0 Å². The molecule has 3 atom stereocenters. The maximum atomic E-state index is 14.1. The van der Waals surface area contributed by atoms with E-state index in [-0.39, 0.29) is 11.9 Å². The molecule has 0 spiro atoms. The first-order valence-corrected chi connectivity index (χ1v) is 7.72. The van der Waals surface area contributed by atoms with E-state index in [0.717, 1.165) is 17.3 Å². The van der Waals surface area contributed by atoms with E-state index >= 15 is 0 Å². The van der Waals surface area contributed by atoms with E-state index < -0.39 is 0 Å². The molecule has 1 fully saturated rings. The third-order valence-corrected chi connectivity index (χ3v) is 4.87. The van der Waals surface area contributed by atoms with Gasteiger partial charge in [-0.3, -0.25) is 11.3 Å². The summed E-state index contributed by atoms with van der Waals surface area (Å²) < 4.78 is 14.9. The summed E-state index contributed by atoms with van der Waals surface area (Å²) in [6, 6.07) is 4.96. The normalized spacial score (nSPS) is 29.2. The Morgan fingerprint density at radius 3 is 2.42 bits per heavy atom. The summed E-state index contributed by atoms with van der Waals surface area (Å²) in [5.41, 5.74) is 3.50. The van der Waals surface area contributed by atoms with E-state index in [1.54, 1.807) is 6.07 Å². The molecule has 0 bridgehead atoms. The van der Waals surface area contributed by atoms with Gasteiger partial charge >= 0.3 is 0 Å². The Kier molecular flexibility index (Phi) is 4.98. The maximum absolute atomic E-state index is 14.1. The van der Waals surface area contributed by atoms with Gasteiger partial charge in [0, 0.05) is 10.0 Å². The molecule has 106 valence electrons. The summed E-state index contributed by atoms with van der Waals surface area (Å²) in [7, 11) is 0. The fourth-order valence-corrected chi connectivity index (χ4v) is 4.13. The van der Waals surface area contributed by atoms with Crippen molar-refractivity contribution in [2.45, 2.75) is 39.2 Å². The summed E-state index contributed by atoms with van der Waals surface area (Å²) >= 11 is 3.45. The number of nitrogens with two attached hydrogens (primary N) is 1. The number of benzene rings is 1. The van der Waals surface area contributed by atoms with Gasteiger partial charge in [0.2, 0.25) is 0 Å². The summed E-state index contributed by atoms with van der Waals surface area (Å²) in [6.45, 7) is 4.54. The van der Waals surface area contributed by atoms with E-state index in [0.29, 0.717) is 23.3 Å². The van der Waals surface area contributed by atoms with Crippen LogP contribution in [0.4, 0.5) is 4.39 Å².